The minimum atomic E-state index is -4.45. The molecule has 0 atom stereocenters. The monoisotopic (exact) mass is 475 g/mol. The molecular formula is C25H28F3N3O3. The van der Waals surface area contributed by atoms with Gasteiger partial charge in [-0.1, -0.05) is 12.1 Å². The molecule has 3 amide bonds. The number of hydrogen-bond donors (Lipinski definition) is 1. The van der Waals surface area contributed by atoms with Gasteiger partial charge in [0.25, 0.3) is 5.91 Å². The van der Waals surface area contributed by atoms with Crippen LogP contribution in [0.3, 0.4) is 0 Å². The number of nitrogens with one attached hydrogen (secondary N) is 1. The van der Waals surface area contributed by atoms with Crippen LogP contribution in [-0.2, 0) is 22.3 Å². The lowest BCUT2D eigenvalue weighted by Crippen LogP contribution is -2.41. The summed E-state index contributed by atoms with van der Waals surface area (Å²) in [7, 11) is 0. The maximum Gasteiger partial charge on any atom is 0.416 e. The maximum atomic E-state index is 12.8. The van der Waals surface area contributed by atoms with E-state index in [2.05, 4.69) is 5.32 Å². The maximum absolute atomic E-state index is 12.8. The smallest absolute Gasteiger partial charge is 0.339 e. The number of amides is 3. The third-order valence-electron chi connectivity index (χ3n) is 6.01. The van der Waals surface area contributed by atoms with Gasteiger partial charge in [0.1, 0.15) is 0 Å². The quantitative estimate of drug-likeness (QED) is 0.666. The molecule has 1 saturated heterocycles. The van der Waals surface area contributed by atoms with E-state index >= 15 is 0 Å². The summed E-state index contributed by atoms with van der Waals surface area (Å²) in [4.78, 5) is 40.3. The largest absolute Gasteiger partial charge is 0.416 e. The molecule has 0 aliphatic carbocycles. The fourth-order valence-electron chi connectivity index (χ4n) is 3.99. The lowest BCUT2D eigenvalue weighted by Gasteiger charge is -2.31. The first kappa shape index (κ1) is 25.3. The Morgan fingerprint density at radius 2 is 1.71 bits per heavy atom. The Morgan fingerprint density at radius 1 is 1.06 bits per heavy atom. The summed E-state index contributed by atoms with van der Waals surface area (Å²) in [5, 5.41) is 2.92. The van der Waals surface area contributed by atoms with Gasteiger partial charge in [0.15, 0.2) is 0 Å². The summed E-state index contributed by atoms with van der Waals surface area (Å²) < 4.78 is 38.2. The molecule has 1 heterocycles. The topological polar surface area (TPSA) is 69.7 Å². The fourth-order valence-corrected chi connectivity index (χ4v) is 3.99. The molecule has 3 rings (SSSR count). The van der Waals surface area contributed by atoms with Crippen molar-refractivity contribution < 1.29 is 27.6 Å². The predicted octanol–water partition coefficient (Wildman–Crippen LogP) is 4.56. The van der Waals surface area contributed by atoms with Crippen molar-refractivity contribution in [1.29, 1.82) is 0 Å². The van der Waals surface area contributed by atoms with Gasteiger partial charge >= 0.3 is 6.18 Å². The summed E-state index contributed by atoms with van der Waals surface area (Å²) in [5.41, 5.74) is 0.948. The number of anilines is 1. The number of carbonyl (C=O) groups excluding carboxylic acids is 3. The number of benzene rings is 2. The Balaban J connectivity index is 1.54. The van der Waals surface area contributed by atoms with Crippen LogP contribution in [0, 0.1) is 5.92 Å². The summed E-state index contributed by atoms with van der Waals surface area (Å²) in [6.07, 6.45) is -3.52. The van der Waals surface area contributed by atoms with Crippen LogP contribution in [-0.4, -0.2) is 47.2 Å². The van der Waals surface area contributed by atoms with E-state index in [1.165, 1.54) is 19.1 Å². The van der Waals surface area contributed by atoms with Gasteiger partial charge in [-0.05, 0) is 61.7 Å². The van der Waals surface area contributed by atoms with Crippen molar-refractivity contribution in [2.45, 2.75) is 39.4 Å². The zero-order valence-corrected chi connectivity index (χ0v) is 19.2. The SMILES string of the molecule is CCN(Cc1cccc(NC(=O)C2CCN(C(=O)c3ccc(C(F)(F)F)cc3)CC2)c1)C(C)=O. The Labute approximate surface area is 196 Å². The van der Waals surface area contributed by atoms with Crippen molar-refractivity contribution in [1.82, 2.24) is 9.80 Å². The minimum absolute atomic E-state index is 0.0189. The number of likely N-dealkylation sites (tertiary alicyclic amines) is 1. The van der Waals surface area contributed by atoms with Gasteiger partial charge < -0.3 is 15.1 Å². The van der Waals surface area contributed by atoms with E-state index < -0.39 is 11.7 Å². The van der Waals surface area contributed by atoms with E-state index in [4.69, 9.17) is 0 Å². The summed E-state index contributed by atoms with van der Waals surface area (Å²) in [5.74, 6) is -0.775. The highest BCUT2D eigenvalue weighted by Crippen LogP contribution is 2.29. The second-order valence-electron chi connectivity index (χ2n) is 8.36. The number of alkyl halides is 3. The lowest BCUT2D eigenvalue weighted by atomic mass is 9.95. The number of piperidine rings is 1. The van der Waals surface area contributed by atoms with Crippen molar-refractivity contribution in [3.63, 3.8) is 0 Å². The van der Waals surface area contributed by atoms with Gasteiger partial charge in [-0.15, -0.1) is 0 Å². The highest BCUT2D eigenvalue weighted by Gasteiger charge is 2.31. The molecule has 2 aromatic rings. The molecule has 0 unspecified atom stereocenters. The van der Waals surface area contributed by atoms with Gasteiger partial charge in [0.2, 0.25) is 11.8 Å². The van der Waals surface area contributed by atoms with Gasteiger partial charge in [-0.3, -0.25) is 14.4 Å². The Bertz CT molecular complexity index is 1030. The van der Waals surface area contributed by atoms with Crippen molar-refractivity contribution in [3.8, 4) is 0 Å². The van der Waals surface area contributed by atoms with E-state index in [9.17, 15) is 27.6 Å². The number of hydrogen-bond acceptors (Lipinski definition) is 3. The Kier molecular flexibility index (Phi) is 7.96. The predicted molar refractivity (Wildman–Crippen MR) is 122 cm³/mol. The number of halogens is 3. The molecule has 9 heteroatoms. The molecule has 6 nitrogen and oxygen atoms in total. The standard InChI is InChI=1S/C25H28F3N3O3/c1-3-30(17(2)32)16-18-5-4-6-22(15-18)29-23(33)19-11-13-31(14-12-19)24(34)20-7-9-21(10-8-20)25(26,27)28/h4-10,15,19H,3,11-14,16H2,1-2H3,(H,29,33). The molecule has 1 fully saturated rings. The summed E-state index contributed by atoms with van der Waals surface area (Å²) in [6.45, 7) is 5.17. The van der Waals surface area contributed by atoms with Crippen LogP contribution in [0.4, 0.5) is 18.9 Å². The van der Waals surface area contributed by atoms with Gasteiger partial charge in [-0.25, -0.2) is 0 Å². The molecule has 34 heavy (non-hydrogen) atoms. The molecule has 0 aromatic heterocycles. The van der Waals surface area contributed by atoms with Crippen LogP contribution in [0.5, 0.6) is 0 Å². The van der Waals surface area contributed by atoms with Crippen LogP contribution in [0.1, 0.15) is 48.2 Å². The molecule has 2 aromatic carbocycles. The molecule has 1 N–H and O–H groups in total. The van der Waals surface area contributed by atoms with Crippen molar-refractivity contribution in [2.75, 3.05) is 25.0 Å². The number of nitrogens with zero attached hydrogens (tertiary/aromatic N) is 2. The van der Waals surface area contributed by atoms with E-state index in [-0.39, 0.29) is 29.2 Å². The van der Waals surface area contributed by atoms with Gasteiger partial charge in [-0.2, -0.15) is 13.2 Å². The zero-order valence-electron chi connectivity index (χ0n) is 19.2. The zero-order chi connectivity index (χ0) is 24.9. The summed E-state index contributed by atoms with van der Waals surface area (Å²) in [6, 6.07) is 11.5. The molecule has 1 aliphatic rings. The average molecular weight is 476 g/mol. The van der Waals surface area contributed by atoms with Crippen LogP contribution in [0.15, 0.2) is 48.5 Å². The normalized spacial score (nSPS) is 14.6. The van der Waals surface area contributed by atoms with Gasteiger partial charge in [0, 0.05) is 50.3 Å². The summed E-state index contributed by atoms with van der Waals surface area (Å²) >= 11 is 0. The van der Waals surface area contributed by atoms with E-state index in [1.54, 1.807) is 15.9 Å². The number of carbonyl (C=O) groups is 3. The first-order valence-electron chi connectivity index (χ1n) is 11.2. The molecule has 0 spiro atoms. The minimum Gasteiger partial charge on any atom is -0.339 e. The highest BCUT2D eigenvalue weighted by molar-refractivity contribution is 5.95. The molecule has 1 aliphatic heterocycles. The molecule has 0 saturated carbocycles. The first-order valence-corrected chi connectivity index (χ1v) is 11.2. The average Bonchev–Trinajstić information content (AvgIpc) is 2.81. The number of rotatable bonds is 6. The third kappa shape index (κ3) is 6.36. The second-order valence-corrected chi connectivity index (χ2v) is 8.36. The molecule has 0 bridgehead atoms. The Morgan fingerprint density at radius 3 is 2.26 bits per heavy atom. The van der Waals surface area contributed by atoms with Crippen molar-refractivity contribution >= 4 is 23.4 Å². The van der Waals surface area contributed by atoms with E-state index in [1.807, 2.05) is 25.1 Å². The van der Waals surface area contributed by atoms with Crippen molar-refractivity contribution in [2.24, 2.45) is 5.92 Å². The van der Waals surface area contributed by atoms with E-state index in [0.29, 0.717) is 44.7 Å². The molecular weight excluding hydrogens is 447 g/mol. The third-order valence-corrected chi connectivity index (χ3v) is 6.01. The second kappa shape index (κ2) is 10.7. The highest BCUT2D eigenvalue weighted by atomic mass is 19.4. The van der Waals surface area contributed by atoms with E-state index in [0.717, 1.165) is 17.7 Å². The van der Waals surface area contributed by atoms with Crippen LogP contribution in [0.25, 0.3) is 0 Å². The molecule has 0 radical (unpaired) electrons. The first-order chi connectivity index (χ1) is 16.1. The molecule has 182 valence electrons. The van der Waals surface area contributed by atoms with Gasteiger partial charge in [0.05, 0.1) is 5.56 Å². The fraction of sp³-hybridized carbons (Fsp3) is 0.400. The van der Waals surface area contributed by atoms with Crippen molar-refractivity contribution in [3.05, 3.63) is 65.2 Å². The van der Waals surface area contributed by atoms with Crippen LogP contribution in [0.2, 0.25) is 0 Å². The van der Waals surface area contributed by atoms with Crippen LogP contribution < -0.4 is 5.32 Å². The van der Waals surface area contributed by atoms with Crippen LogP contribution >= 0.6 is 0 Å². The lowest BCUT2D eigenvalue weighted by molar-refractivity contribution is -0.137. The Hall–Kier alpha value is -3.36.